The lowest BCUT2D eigenvalue weighted by molar-refractivity contribution is -0.126. The van der Waals surface area contributed by atoms with E-state index in [0.29, 0.717) is 25.5 Å². The van der Waals surface area contributed by atoms with Crippen molar-refractivity contribution in [2.24, 2.45) is 5.92 Å². The third-order valence-electron chi connectivity index (χ3n) is 4.50. The van der Waals surface area contributed by atoms with Crippen LogP contribution in [-0.4, -0.2) is 55.7 Å². The van der Waals surface area contributed by atoms with Crippen molar-refractivity contribution in [2.75, 3.05) is 48.8 Å². The van der Waals surface area contributed by atoms with Crippen molar-refractivity contribution in [3.63, 3.8) is 0 Å². The molecule has 0 saturated carbocycles. The lowest BCUT2D eigenvalue weighted by Gasteiger charge is -2.17. The Morgan fingerprint density at radius 1 is 1.32 bits per heavy atom. The van der Waals surface area contributed by atoms with Gasteiger partial charge in [-0.3, -0.25) is 9.59 Å². The second kappa shape index (κ2) is 9.01. The molecule has 1 aliphatic rings. The number of halogens is 1. The van der Waals surface area contributed by atoms with E-state index in [2.05, 4.69) is 36.8 Å². The highest BCUT2D eigenvalue weighted by atomic mass is 79.9. The van der Waals surface area contributed by atoms with Crippen molar-refractivity contribution in [3.05, 3.63) is 41.0 Å². The van der Waals surface area contributed by atoms with Gasteiger partial charge >= 0.3 is 0 Å². The Bertz CT molecular complexity index is 860. The largest absolute Gasteiger partial charge is 0.376 e. The van der Waals surface area contributed by atoms with E-state index < -0.39 is 0 Å². The highest BCUT2D eigenvalue weighted by molar-refractivity contribution is 9.10. The molecule has 1 atom stereocenters. The number of carbonyl (C=O) groups is 2. The molecule has 1 aromatic carbocycles. The summed E-state index contributed by atoms with van der Waals surface area (Å²) in [6.45, 7) is 1.35. The molecule has 148 valence electrons. The lowest BCUT2D eigenvalue weighted by atomic mass is 10.1. The zero-order chi connectivity index (χ0) is 20.1. The molecule has 9 heteroatoms. The zero-order valence-corrected chi connectivity index (χ0v) is 17.4. The number of hydrogen-bond acceptors (Lipinski definition) is 6. The minimum atomic E-state index is -0.344. The summed E-state index contributed by atoms with van der Waals surface area (Å²) in [6, 6.07) is 9.42. The minimum absolute atomic E-state index is 0.0350. The number of nitrogens with one attached hydrogen (secondary N) is 2. The predicted octanol–water partition coefficient (Wildman–Crippen LogP) is 1.89. The molecule has 8 nitrogen and oxygen atoms in total. The van der Waals surface area contributed by atoms with E-state index in [1.807, 2.05) is 49.3 Å². The van der Waals surface area contributed by atoms with Crippen molar-refractivity contribution in [2.45, 2.75) is 6.42 Å². The van der Waals surface area contributed by atoms with Gasteiger partial charge in [-0.2, -0.15) is 5.10 Å². The highest BCUT2D eigenvalue weighted by Gasteiger charge is 2.34. The Morgan fingerprint density at radius 3 is 2.89 bits per heavy atom. The molecule has 2 heterocycles. The number of anilines is 3. The first-order chi connectivity index (χ1) is 13.4. The maximum Gasteiger partial charge on any atom is 0.227 e. The third kappa shape index (κ3) is 4.98. The van der Waals surface area contributed by atoms with E-state index in [1.165, 1.54) is 0 Å². The molecule has 0 radical (unpaired) electrons. The first-order valence-electron chi connectivity index (χ1n) is 9.01. The number of carbonyl (C=O) groups excluding carboxylic acids is 2. The Hall–Kier alpha value is -2.68. The van der Waals surface area contributed by atoms with Gasteiger partial charge in [-0.1, -0.05) is 22.0 Å². The number of amides is 2. The summed E-state index contributed by atoms with van der Waals surface area (Å²) in [4.78, 5) is 28.3. The van der Waals surface area contributed by atoms with Crippen LogP contribution in [0.5, 0.6) is 0 Å². The minimum Gasteiger partial charge on any atom is -0.376 e. The Morgan fingerprint density at radius 2 is 2.14 bits per heavy atom. The fourth-order valence-electron chi connectivity index (χ4n) is 2.98. The van der Waals surface area contributed by atoms with Crippen molar-refractivity contribution < 1.29 is 9.59 Å². The van der Waals surface area contributed by atoms with E-state index in [0.717, 1.165) is 15.8 Å². The molecule has 0 bridgehead atoms. The van der Waals surface area contributed by atoms with E-state index in [-0.39, 0.29) is 24.2 Å². The molecule has 2 N–H and O–H groups in total. The van der Waals surface area contributed by atoms with Crippen LogP contribution < -0.4 is 20.4 Å². The molecule has 1 aromatic heterocycles. The summed E-state index contributed by atoms with van der Waals surface area (Å²) < 4.78 is 0.901. The molecule has 0 spiro atoms. The van der Waals surface area contributed by atoms with E-state index in [4.69, 9.17) is 0 Å². The smallest absolute Gasteiger partial charge is 0.227 e. The van der Waals surface area contributed by atoms with Crippen molar-refractivity contribution in [1.29, 1.82) is 0 Å². The van der Waals surface area contributed by atoms with Crippen LogP contribution in [0.25, 0.3) is 0 Å². The van der Waals surface area contributed by atoms with Gasteiger partial charge in [0.1, 0.15) is 0 Å². The molecule has 0 aliphatic carbocycles. The van der Waals surface area contributed by atoms with Gasteiger partial charge in [0.05, 0.1) is 17.8 Å². The van der Waals surface area contributed by atoms with Crippen molar-refractivity contribution in [1.82, 2.24) is 15.5 Å². The monoisotopic (exact) mass is 446 g/mol. The van der Waals surface area contributed by atoms with Gasteiger partial charge in [-0.05, 0) is 18.2 Å². The molecule has 1 saturated heterocycles. The van der Waals surface area contributed by atoms with Crippen LogP contribution in [0, 0.1) is 5.92 Å². The number of aromatic nitrogens is 2. The average Bonchev–Trinajstić information content (AvgIpc) is 3.07. The first kappa shape index (κ1) is 20.1. The van der Waals surface area contributed by atoms with Gasteiger partial charge in [0.2, 0.25) is 11.8 Å². The molecule has 2 aromatic rings. The fourth-order valence-corrected chi connectivity index (χ4v) is 3.37. The molecule has 1 fully saturated rings. The molecule has 1 unspecified atom stereocenters. The van der Waals surface area contributed by atoms with E-state index >= 15 is 0 Å². The fraction of sp³-hybridized carbons (Fsp3) is 0.368. The van der Waals surface area contributed by atoms with E-state index in [9.17, 15) is 9.59 Å². The molecule has 1 aliphatic heterocycles. The number of benzene rings is 1. The maximum atomic E-state index is 12.4. The number of nitrogens with zero attached hydrogens (tertiary/aromatic N) is 4. The van der Waals surface area contributed by atoms with Gasteiger partial charge in [-0.15, -0.1) is 5.10 Å². The van der Waals surface area contributed by atoms with Crippen LogP contribution >= 0.6 is 15.9 Å². The predicted molar refractivity (Wildman–Crippen MR) is 112 cm³/mol. The van der Waals surface area contributed by atoms with Crippen molar-refractivity contribution in [3.8, 4) is 0 Å². The topological polar surface area (TPSA) is 90.5 Å². The summed E-state index contributed by atoms with van der Waals surface area (Å²) in [5.41, 5.74) is 1.74. The summed E-state index contributed by atoms with van der Waals surface area (Å²) in [5.74, 6) is 0.161. The summed E-state index contributed by atoms with van der Waals surface area (Å²) in [6.07, 6.45) is 1.91. The average molecular weight is 447 g/mol. The molecular weight excluding hydrogens is 424 g/mol. The van der Waals surface area contributed by atoms with Crippen LogP contribution in [0.2, 0.25) is 0 Å². The molecule has 3 rings (SSSR count). The summed E-state index contributed by atoms with van der Waals surface area (Å²) >= 11 is 3.41. The molecule has 2 amide bonds. The van der Waals surface area contributed by atoms with Crippen LogP contribution in [0.15, 0.2) is 41.0 Å². The normalized spacial score (nSPS) is 16.2. The van der Waals surface area contributed by atoms with Gasteiger partial charge in [0.25, 0.3) is 0 Å². The third-order valence-corrected chi connectivity index (χ3v) is 5.00. The van der Waals surface area contributed by atoms with Gasteiger partial charge < -0.3 is 20.4 Å². The summed E-state index contributed by atoms with van der Waals surface area (Å²) in [5, 5.41) is 14.0. The van der Waals surface area contributed by atoms with Crippen LogP contribution in [0.4, 0.5) is 17.2 Å². The SMILES string of the molecule is CN(C)c1cnnc(NCCNC(=O)C2CC(=O)N(c3cccc(Br)c3)C2)c1. The first-order valence-corrected chi connectivity index (χ1v) is 9.81. The second-order valence-electron chi connectivity index (χ2n) is 6.80. The number of hydrogen-bond donors (Lipinski definition) is 2. The van der Waals surface area contributed by atoms with Gasteiger partial charge in [0.15, 0.2) is 5.82 Å². The van der Waals surface area contributed by atoms with Crippen LogP contribution in [-0.2, 0) is 9.59 Å². The molecular formula is C19H23BrN6O2. The van der Waals surface area contributed by atoms with Crippen LogP contribution in [0.3, 0.4) is 0 Å². The van der Waals surface area contributed by atoms with Gasteiger partial charge in [0, 0.05) is 56.4 Å². The lowest BCUT2D eigenvalue weighted by Crippen LogP contribution is -2.35. The Labute approximate surface area is 172 Å². The summed E-state index contributed by atoms with van der Waals surface area (Å²) in [7, 11) is 3.86. The maximum absolute atomic E-state index is 12.4. The highest BCUT2D eigenvalue weighted by Crippen LogP contribution is 2.27. The van der Waals surface area contributed by atoms with Crippen molar-refractivity contribution >= 4 is 44.9 Å². The standard InChI is InChI=1S/C19H23BrN6O2/c1-25(2)16-10-17(24-23-11-16)21-6-7-22-19(28)13-8-18(27)26(12-13)15-5-3-4-14(20)9-15/h3-5,9-11,13H,6-8,12H2,1-2H3,(H,21,24)(H,22,28). The zero-order valence-electron chi connectivity index (χ0n) is 15.9. The van der Waals surface area contributed by atoms with Crippen LogP contribution in [0.1, 0.15) is 6.42 Å². The Kier molecular flexibility index (Phi) is 6.45. The number of rotatable bonds is 7. The Balaban J connectivity index is 1.47. The quantitative estimate of drug-likeness (QED) is 0.631. The second-order valence-corrected chi connectivity index (χ2v) is 7.71. The van der Waals surface area contributed by atoms with Gasteiger partial charge in [-0.25, -0.2) is 0 Å². The van der Waals surface area contributed by atoms with E-state index in [1.54, 1.807) is 11.1 Å². The molecule has 28 heavy (non-hydrogen) atoms.